The second-order valence-electron chi connectivity index (χ2n) is 16.3. The molecule has 1 heterocycles. The minimum atomic E-state index is -0.272. The summed E-state index contributed by atoms with van der Waals surface area (Å²) in [4.78, 5) is 6.62. The third-order valence-electron chi connectivity index (χ3n) is 12.6. The normalized spacial score (nSPS) is 12.6. The molecular weight excluding hydrogens is 727 g/mol. The second-order valence-corrected chi connectivity index (χ2v) is 16.3. The lowest BCUT2D eigenvalue weighted by atomic mass is 9.80. The Morgan fingerprint density at radius 2 is 1.00 bits per heavy atom. The minimum absolute atomic E-state index is 0.272. The Hall–Kier alpha value is -7.80. The highest BCUT2D eigenvalue weighted by Gasteiger charge is 2.36. The quantitative estimate of drug-likeness (QED) is 0.158. The average molecular weight is 766 g/mol. The van der Waals surface area contributed by atoms with Gasteiger partial charge in [-0.15, -0.1) is 0 Å². The molecule has 0 unspecified atom stereocenters. The SMILES string of the molecule is CC1(C)c2cc(-c3c4ccccc4c(-c4cccc5ccccc45)c4ccccc34)ccc2-c2ccc(N(c3ccc(C#N)cc3)c3ccc(-c4cccnc4)cc3)cc21. The van der Waals surface area contributed by atoms with Crippen LogP contribution in [0.2, 0.25) is 0 Å². The maximum atomic E-state index is 9.61. The van der Waals surface area contributed by atoms with Crippen LogP contribution < -0.4 is 4.90 Å². The number of anilines is 3. The van der Waals surface area contributed by atoms with Crippen LogP contribution in [-0.2, 0) is 5.41 Å². The Labute approximate surface area is 350 Å². The molecule has 0 bridgehead atoms. The molecule has 10 aromatic rings. The standard InChI is InChI=1S/C57H39N3/c1-57(2)53-33-40(55-49-15-5-7-17-51(49)56(52-18-8-6-16-50(52)55)48-19-9-12-39-11-3-4-14-45(39)48)24-30-46(53)47-31-29-44(34-54(47)57)60(42-25-20-37(35-58)21-26-42)43-27-22-38(23-28-43)41-13-10-32-59-36-41/h3-34,36H,1-2H3. The van der Waals surface area contributed by atoms with E-state index >= 15 is 0 Å². The fourth-order valence-electron chi connectivity index (χ4n) is 9.66. The van der Waals surface area contributed by atoms with Gasteiger partial charge < -0.3 is 4.90 Å². The summed E-state index contributed by atoms with van der Waals surface area (Å²) in [7, 11) is 0. The Kier molecular flexibility index (Phi) is 8.22. The molecule has 0 radical (unpaired) electrons. The zero-order valence-electron chi connectivity index (χ0n) is 33.4. The van der Waals surface area contributed by atoms with Gasteiger partial charge in [-0.25, -0.2) is 0 Å². The van der Waals surface area contributed by atoms with Gasteiger partial charge in [0.25, 0.3) is 0 Å². The smallest absolute Gasteiger partial charge is 0.0991 e. The van der Waals surface area contributed by atoms with E-state index in [0.717, 1.165) is 28.2 Å². The molecule has 3 heteroatoms. The molecule has 0 atom stereocenters. The van der Waals surface area contributed by atoms with Crippen LogP contribution >= 0.6 is 0 Å². The summed E-state index contributed by atoms with van der Waals surface area (Å²) in [6.07, 6.45) is 3.69. The van der Waals surface area contributed by atoms with Crippen LogP contribution in [0.15, 0.2) is 200 Å². The molecule has 0 saturated heterocycles. The van der Waals surface area contributed by atoms with Crippen molar-refractivity contribution in [2.75, 3.05) is 4.90 Å². The zero-order valence-corrected chi connectivity index (χ0v) is 33.4. The second kappa shape index (κ2) is 13.9. The van der Waals surface area contributed by atoms with Crippen molar-refractivity contribution in [3.05, 3.63) is 217 Å². The first-order valence-electron chi connectivity index (χ1n) is 20.5. The molecule has 0 aliphatic heterocycles. The fourth-order valence-corrected chi connectivity index (χ4v) is 9.66. The van der Waals surface area contributed by atoms with Gasteiger partial charge in [-0.3, -0.25) is 4.98 Å². The predicted octanol–water partition coefficient (Wildman–Crippen LogP) is 15.2. The van der Waals surface area contributed by atoms with E-state index in [4.69, 9.17) is 0 Å². The number of fused-ring (bicyclic) bond motifs is 6. The first-order chi connectivity index (χ1) is 29.5. The number of hydrogen-bond donors (Lipinski definition) is 0. The molecule has 11 rings (SSSR count). The summed E-state index contributed by atoms with van der Waals surface area (Å²) in [5.41, 5.74) is 15.8. The number of nitriles is 1. The lowest BCUT2D eigenvalue weighted by Crippen LogP contribution is -2.16. The maximum Gasteiger partial charge on any atom is 0.0991 e. The van der Waals surface area contributed by atoms with Gasteiger partial charge in [0, 0.05) is 34.9 Å². The largest absolute Gasteiger partial charge is 0.310 e. The summed E-state index contributed by atoms with van der Waals surface area (Å²) in [6.45, 7) is 4.72. The molecular formula is C57H39N3. The molecule has 9 aromatic carbocycles. The van der Waals surface area contributed by atoms with Crippen molar-refractivity contribution < 1.29 is 0 Å². The highest BCUT2D eigenvalue weighted by Crippen LogP contribution is 2.53. The molecule has 0 fully saturated rings. The Bertz CT molecular complexity index is 3280. The van der Waals surface area contributed by atoms with Gasteiger partial charge >= 0.3 is 0 Å². The highest BCUT2D eigenvalue weighted by atomic mass is 15.1. The van der Waals surface area contributed by atoms with Crippen LogP contribution in [0.4, 0.5) is 17.1 Å². The average Bonchev–Trinajstić information content (AvgIpc) is 3.53. The van der Waals surface area contributed by atoms with E-state index in [1.807, 2.05) is 36.5 Å². The number of aromatic nitrogens is 1. The van der Waals surface area contributed by atoms with E-state index in [2.05, 4.69) is 188 Å². The van der Waals surface area contributed by atoms with Crippen molar-refractivity contribution in [3.8, 4) is 50.6 Å². The van der Waals surface area contributed by atoms with Gasteiger partial charge in [-0.2, -0.15) is 5.26 Å². The van der Waals surface area contributed by atoms with Gasteiger partial charge in [0.05, 0.1) is 11.6 Å². The molecule has 60 heavy (non-hydrogen) atoms. The molecule has 282 valence electrons. The number of rotatable bonds is 6. The van der Waals surface area contributed by atoms with Gasteiger partial charge in [0.15, 0.2) is 0 Å². The predicted molar refractivity (Wildman–Crippen MR) is 250 cm³/mol. The number of nitrogens with zero attached hydrogens (tertiary/aromatic N) is 3. The molecule has 1 aromatic heterocycles. The van der Waals surface area contributed by atoms with E-state index in [1.54, 1.807) is 6.20 Å². The van der Waals surface area contributed by atoms with Gasteiger partial charge in [-0.1, -0.05) is 141 Å². The number of hydrogen-bond acceptors (Lipinski definition) is 3. The van der Waals surface area contributed by atoms with E-state index in [-0.39, 0.29) is 5.41 Å². The summed E-state index contributed by atoms with van der Waals surface area (Å²) in [5.74, 6) is 0. The number of benzene rings is 9. The van der Waals surface area contributed by atoms with Crippen LogP contribution in [0, 0.1) is 11.3 Å². The molecule has 0 spiro atoms. The molecule has 0 amide bonds. The Balaban J connectivity index is 1.04. The van der Waals surface area contributed by atoms with Crippen molar-refractivity contribution in [3.63, 3.8) is 0 Å². The molecule has 0 saturated carbocycles. The third kappa shape index (κ3) is 5.61. The Morgan fingerprint density at radius 1 is 0.450 bits per heavy atom. The van der Waals surface area contributed by atoms with Crippen molar-refractivity contribution in [2.24, 2.45) is 0 Å². The Morgan fingerprint density at radius 3 is 1.65 bits per heavy atom. The monoisotopic (exact) mass is 765 g/mol. The minimum Gasteiger partial charge on any atom is -0.310 e. The summed E-state index contributed by atoms with van der Waals surface area (Å²) in [6, 6.07) is 70.1. The molecule has 1 aliphatic carbocycles. The third-order valence-corrected chi connectivity index (χ3v) is 12.6. The van der Waals surface area contributed by atoms with Crippen LogP contribution in [0.25, 0.3) is 76.8 Å². The van der Waals surface area contributed by atoms with E-state index in [9.17, 15) is 5.26 Å². The first kappa shape index (κ1) is 35.4. The lowest BCUT2D eigenvalue weighted by Gasteiger charge is -2.28. The van der Waals surface area contributed by atoms with E-state index in [0.29, 0.717) is 5.56 Å². The van der Waals surface area contributed by atoms with Crippen LogP contribution in [-0.4, -0.2) is 4.98 Å². The molecule has 0 N–H and O–H groups in total. The van der Waals surface area contributed by atoms with Crippen LogP contribution in [0.5, 0.6) is 0 Å². The lowest BCUT2D eigenvalue weighted by molar-refractivity contribution is 0.660. The molecule has 1 aliphatic rings. The van der Waals surface area contributed by atoms with Gasteiger partial charge in [0.2, 0.25) is 0 Å². The topological polar surface area (TPSA) is 39.9 Å². The summed E-state index contributed by atoms with van der Waals surface area (Å²) >= 11 is 0. The van der Waals surface area contributed by atoms with Crippen molar-refractivity contribution in [2.45, 2.75) is 19.3 Å². The van der Waals surface area contributed by atoms with Crippen molar-refractivity contribution in [1.82, 2.24) is 4.98 Å². The molecule has 3 nitrogen and oxygen atoms in total. The summed E-state index contributed by atoms with van der Waals surface area (Å²) < 4.78 is 0. The van der Waals surface area contributed by atoms with E-state index < -0.39 is 0 Å². The van der Waals surface area contributed by atoms with Crippen LogP contribution in [0.1, 0.15) is 30.5 Å². The van der Waals surface area contributed by atoms with Gasteiger partial charge in [0.1, 0.15) is 0 Å². The highest BCUT2D eigenvalue weighted by molar-refractivity contribution is 6.23. The fraction of sp³-hybridized carbons (Fsp3) is 0.0526. The van der Waals surface area contributed by atoms with Crippen molar-refractivity contribution >= 4 is 49.4 Å². The summed E-state index contributed by atoms with van der Waals surface area (Å²) in [5, 5.41) is 17.1. The first-order valence-corrected chi connectivity index (χ1v) is 20.5. The van der Waals surface area contributed by atoms with Crippen molar-refractivity contribution in [1.29, 1.82) is 5.26 Å². The van der Waals surface area contributed by atoms with E-state index in [1.165, 1.54) is 76.8 Å². The maximum absolute atomic E-state index is 9.61. The number of pyridine rings is 1. The zero-order chi connectivity index (χ0) is 40.4. The van der Waals surface area contributed by atoms with Gasteiger partial charge in [-0.05, 0) is 149 Å². The van der Waals surface area contributed by atoms with Crippen LogP contribution in [0.3, 0.4) is 0 Å².